The first-order valence-electron chi connectivity index (χ1n) is 3.93. The number of carbonyl (C=O) groups is 1. The van der Waals surface area contributed by atoms with Crippen LogP contribution in [0.3, 0.4) is 0 Å². The van der Waals surface area contributed by atoms with Gasteiger partial charge >= 0.3 is 0 Å². The number of nitrogens with zero attached hydrogens (tertiary/aromatic N) is 3. The number of aromatic nitrogens is 3. The molecule has 0 bridgehead atoms. The van der Waals surface area contributed by atoms with E-state index in [1.807, 2.05) is 6.92 Å². The van der Waals surface area contributed by atoms with Gasteiger partial charge in [0.2, 0.25) is 11.8 Å². The highest BCUT2D eigenvalue weighted by Crippen LogP contribution is 1.99. The van der Waals surface area contributed by atoms with E-state index in [2.05, 4.69) is 15.0 Å². The Morgan fingerprint density at radius 2 is 2.08 bits per heavy atom. The van der Waals surface area contributed by atoms with Crippen molar-refractivity contribution in [3.63, 3.8) is 0 Å². The van der Waals surface area contributed by atoms with Gasteiger partial charge < -0.3 is 11.5 Å². The average Bonchev–Trinajstić information content (AvgIpc) is 2.03. The van der Waals surface area contributed by atoms with Crippen LogP contribution in [0.15, 0.2) is 0 Å². The molecule has 13 heavy (non-hydrogen) atoms. The smallest absolute Gasteiger partial charge is 0.286 e. The number of nitrogen functional groups attached to an aromatic ring is 1. The molecule has 0 saturated carbocycles. The molecule has 0 aliphatic heterocycles. The number of anilines is 1. The SMILES string of the molecule is CCCc1nc(N)nc(C(N)=O)n1. The molecule has 0 fully saturated rings. The summed E-state index contributed by atoms with van der Waals surface area (Å²) in [5.41, 5.74) is 10.4. The molecular formula is C7H11N5O. The summed E-state index contributed by atoms with van der Waals surface area (Å²) in [5, 5.41) is 0. The van der Waals surface area contributed by atoms with E-state index in [4.69, 9.17) is 11.5 Å². The average molecular weight is 181 g/mol. The van der Waals surface area contributed by atoms with Gasteiger partial charge in [0.1, 0.15) is 5.82 Å². The molecule has 1 heterocycles. The van der Waals surface area contributed by atoms with Gasteiger partial charge in [0.25, 0.3) is 5.91 Å². The van der Waals surface area contributed by atoms with Crippen molar-refractivity contribution in [2.24, 2.45) is 5.73 Å². The molecule has 1 aromatic rings. The fourth-order valence-corrected chi connectivity index (χ4v) is 0.884. The third kappa shape index (κ3) is 2.36. The lowest BCUT2D eigenvalue weighted by atomic mass is 10.3. The topological polar surface area (TPSA) is 108 Å². The van der Waals surface area contributed by atoms with Gasteiger partial charge in [-0.05, 0) is 6.42 Å². The Balaban J connectivity index is 3.03. The highest BCUT2D eigenvalue weighted by molar-refractivity contribution is 5.88. The summed E-state index contributed by atoms with van der Waals surface area (Å²) >= 11 is 0. The predicted molar refractivity (Wildman–Crippen MR) is 46.8 cm³/mol. The second-order valence-corrected chi connectivity index (χ2v) is 2.55. The number of rotatable bonds is 3. The Morgan fingerprint density at radius 1 is 1.38 bits per heavy atom. The Bertz CT molecular complexity index is 325. The molecule has 6 heteroatoms. The summed E-state index contributed by atoms with van der Waals surface area (Å²) in [7, 11) is 0. The van der Waals surface area contributed by atoms with Crippen LogP contribution in [0.5, 0.6) is 0 Å². The lowest BCUT2D eigenvalue weighted by Gasteiger charge is -2.00. The molecule has 1 aromatic heterocycles. The van der Waals surface area contributed by atoms with E-state index in [0.29, 0.717) is 12.2 Å². The van der Waals surface area contributed by atoms with Crippen LogP contribution in [-0.4, -0.2) is 20.9 Å². The van der Waals surface area contributed by atoms with Crippen LogP contribution in [0.1, 0.15) is 29.8 Å². The molecule has 0 atom stereocenters. The van der Waals surface area contributed by atoms with E-state index < -0.39 is 5.91 Å². The van der Waals surface area contributed by atoms with Crippen LogP contribution in [0, 0.1) is 0 Å². The number of amides is 1. The van der Waals surface area contributed by atoms with E-state index >= 15 is 0 Å². The minimum atomic E-state index is -0.688. The Kier molecular flexibility index (Phi) is 2.73. The molecule has 0 unspecified atom stereocenters. The molecule has 6 nitrogen and oxygen atoms in total. The summed E-state index contributed by atoms with van der Waals surface area (Å²) < 4.78 is 0. The molecule has 4 N–H and O–H groups in total. The molecular weight excluding hydrogens is 170 g/mol. The molecule has 0 radical (unpaired) electrons. The third-order valence-corrected chi connectivity index (χ3v) is 1.39. The second kappa shape index (κ2) is 3.79. The summed E-state index contributed by atoms with van der Waals surface area (Å²) in [4.78, 5) is 22.0. The fraction of sp³-hybridized carbons (Fsp3) is 0.429. The summed E-state index contributed by atoms with van der Waals surface area (Å²) in [5.74, 6) is -0.224. The zero-order valence-corrected chi connectivity index (χ0v) is 7.32. The second-order valence-electron chi connectivity index (χ2n) is 2.55. The number of hydrogen-bond donors (Lipinski definition) is 2. The monoisotopic (exact) mass is 181 g/mol. The van der Waals surface area contributed by atoms with E-state index in [9.17, 15) is 4.79 Å². The first kappa shape index (κ1) is 9.37. The quantitative estimate of drug-likeness (QED) is 0.653. The van der Waals surface area contributed by atoms with Gasteiger partial charge in [-0.1, -0.05) is 6.92 Å². The number of carbonyl (C=O) groups excluding carboxylic acids is 1. The Hall–Kier alpha value is -1.72. The molecule has 0 aromatic carbocycles. The highest BCUT2D eigenvalue weighted by atomic mass is 16.1. The van der Waals surface area contributed by atoms with Gasteiger partial charge in [-0.3, -0.25) is 4.79 Å². The van der Waals surface area contributed by atoms with Crippen LogP contribution in [0.2, 0.25) is 0 Å². The summed E-state index contributed by atoms with van der Waals surface area (Å²) in [6.07, 6.45) is 1.54. The zero-order valence-electron chi connectivity index (χ0n) is 7.32. The van der Waals surface area contributed by atoms with Crippen molar-refractivity contribution < 1.29 is 4.79 Å². The zero-order chi connectivity index (χ0) is 9.84. The first-order chi connectivity index (χ1) is 6.13. The van der Waals surface area contributed by atoms with Crippen LogP contribution < -0.4 is 11.5 Å². The Labute approximate surface area is 75.4 Å². The van der Waals surface area contributed by atoms with Crippen molar-refractivity contribution in [1.82, 2.24) is 15.0 Å². The van der Waals surface area contributed by atoms with Crippen molar-refractivity contribution in [2.75, 3.05) is 5.73 Å². The molecule has 0 aliphatic carbocycles. The molecule has 70 valence electrons. The van der Waals surface area contributed by atoms with E-state index in [0.717, 1.165) is 6.42 Å². The van der Waals surface area contributed by atoms with Crippen LogP contribution in [0.4, 0.5) is 5.95 Å². The minimum Gasteiger partial charge on any atom is -0.368 e. The largest absolute Gasteiger partial charge is 0.368 e. The van der Waals surface area contributed by atoms with Crippen molar-refractivity contribution in [1.29, 1.82) is 0 Å². The van der Waals surface area contributed by atoms with Crippen molar-refractivity contribution in [2.45, 2.75) is 19.8 Å². The molecule has 0 spiro atoms. The normalized spacial score (nSPS) is 9.92. The number of nitrogens with two attached hydrogens (primary N) is 2. The lowest BCUT2D eigenvalue weighted by molar-refractivity contribution is 0.0990. The van der Waals surface area contributed by atoms with E-state index in [1.165, 1.54) is 0 Å². The van der Waals surface area contributed by atoms with E-state index in [1.54, 1.807) is 0 Å². The van der Waals surface area contributed by atoms with Crippen molar-refractivity contribution in [3.8, 4) is 0 Å². The standard InChI is InChI=1S/C7H11N5O/c1-2-3-4-10-6(5(8)13)12-7(9)11-4/h2-3H2,1H3,(H2,8,13)(H2,9,10,11,12). The van der Waals surface area contributed by atoms with Gasteiger partial charge in [-0.25, -0.2) is 4.98 Å². The summed E-state index contributed by atoms with van der Waals surface area (Å²) in [6.45, 7) is 1.98. The first-order valence-corrected chi connectivity index (χ1v) is 3.93. The van der Waals surface area contributed by atoms with Gasteiger partial charge in [-0.15, -0.1) is 0 Å². The van der Waals surface area contributed by atoms with Crippen LogP contribution in [-0.2, 0) is 6.42 Å². The van der Waals surface area contributed by atoms with Crippen LogP contribution in [0.25, 0.3) is 0 Å². The lowest BCUT2D eigenvalue weighted by Crippen LogP contribution is -2.18. The maximum absolute atomic E-state index is 10.7. The summed E-state index contributed by atoms with van der Waals surface area (Å²) in [6, 6.07) is 0. The predicted octanol–water partition coefficient (Wildman–Crippen LogP) is -0.495. The molecule has 1 amide bonds. The Morgan fingerprint density at radius 3 is 2.62 bits per heavy atom. The number of aryl methyl sites for hydroxylation is 1. The minimum absolute atomic E-state index is 0.0345. The van der Waals surface area contributed by atoms with Crippen molar-refractivity contribution >= 4 is 11.9 Å². The van der Waals surface area contributed by atoms with Gasteiger partial charge in [-0.2, -0.15) is 9.97 Å². The maximum Gasteiger partial charge on any atom is 0.286 e. The molecule has 1 rings (SSSR count). The highest BCUT2D eigenvalue weighted by Gasteiger charge is 2.07. The van der Waals surface area contributed by atoms with Gasteiger partial charge in [0.15, 0.2) is 0 Å². The third-order valence-electron chi connectivity index (χ3n) is 1.39. The molecule has 0 aliphatic rings. The molecule has 0 saturated heterocycles. The fourth-order valence-electron chi connectivity index (χ4n) is 0.884. The maximum atomic E-state index is 10.7. The number of hydrogen-bond acceptors (Lipinski definition) is 5. The van der Waals surface area contributed by atoms with E-state index in [-0.39, 0.29) is 11.8 Å². The van der Waals surface area contributed by atoms with Gasteiger partial charge in [0, 0.05) is 6.42 Å². The van der Waals surface area contributed by atoms with Gasteiger partial charge in [0.05, 0.1) is 0 Å². The van der Waals surface area contributed by atoms with Crippen LogP contribution >= 0.6 is 0 Å². The van der Waals surface area contributed by atoms with Crippen molar-refractivity contribution in [3.05, 3.63) is 11.6 Å². The number of primary amides is 1.